The molecule has 0 atom stereocenters. The van der Waals surface area contributed by atoms with Crippen molar-refractivity contribution in [2.75, 3.05) is 59.3 Å². The van der Waals surface area contributed by atoms with Crippen LogP contribution in [0.3, 0.4) is 0 Å². The van der Waals surface area contributed by atoms with E-state index >= 15 is 0 Å². The monoisotopic (exact) mass is 384 g/mol. The standard InChI is InChI=1S/C21H28N4O3/c1-24-10-12-25(13-11-24)21(26)18-6-5-17(15-23-18)22-9-8-16-4-7-19(27-2)20(14-16)28-3/h4-7,14-15,22H,8-13H2,1-3H3. The van der Waals surface area contributed by atoms with E-state index in [2.05, 4.69) is 22.2 Å². The number of nitrogens with zero attached hydrogens (tertiary/aromatic N) is 3. The number of piperazine rings is 1. The number of benzene rings is 1. The summed E-state index contributed by atoms with van der Waals surface area (Å²) >= 11 is 0. The van der Waals surface area contributed by atoms with Gasteiger partial charge in [-0.15, -0.1) is 0 Å². The minimum atomic E-state index is 0.00461. The molecule has 7 heteroatoms. The van der Waals surface area contributed by atoms with Crippen LogP contribution in [0.25, 0.3) is 0 Å². The second kappa shape index (κ2) is 9.41. The molecule has 2 heterocycles. The lowest BCUT2D eigenvalue weighted by Crippen LogP contribution is -2.47. The van der Waals surface area contributed by atoms with Crippen molar-refractivity contribution in [2.45, 2.75) is 6.42 Å². The summed E-state index contributed by atoms with van der Waals surface area (Å²) in [6, 6.07) is 9.62. The number of methoxy groups -OCH3 is 2. The highest BCUT2D eigenvalue weighted by atomic mass is 16.5. The first-order chi connectivity index (χ1) is 13.6. The van der Waals surface area contributed by atoms with Crippen LogP contribution in [-0.2, 0) is 6.42 Å². The summed E-state index contributed by atoms with van der Waals surface area (Å²) < 4.78 is 10.6. The first-order valence-corrected chi connectivity index (χ1v) is 9.49. The van der Waals surface area contributed by atoms with Crippen molar-refractivity contribution in [3.05, 3.63) is 47.8 Å². The van der Waals surface area contributed by atoms with Crippen molar-refractivity contribution >= 4 is 11.6 Å². The summed E-state index contributed by atoms with van der Waals surface area (Å²) in [6.45, 7) is 4.07. The van der Waals surface area contributed by atoms with Crippen LogP contribution in [0, 0.1) is 0 Å². The zero-order valence-corrected chi connectivity index (χ0v) is 16.8. The SMILES string of the molecule is COc1ccc(CCNc2ccc(C(=O)N3CCN(C)CC3)nc2)cc1OC. The highest BCUT2D eigenvalue weighted by Gasteiger charge is 2.21. The molecule has 1 amide bonds. The summed E-state index contributed by atoms with van der Waals surface area (Å²) in [6.07, 6.45) is 2.56. The number of hydrogen-bond donors (Lipinski definition) is 1. The lowest BCUT2D eigenvalue weighted by molar-refractivity contribution is 0.0658. The van der Waals surface area contributed by atoms with Crippen LogP contribution in [0.4, 0.5) is 5.69 Å². The Morgan fingerprint density at radius 1 is 1.07 bits per heavy atom. The second-order valence-electron chi connectivity index (χ2n) is 6.89. The molecule has 1 aromatic heterocycles. The van der Waals surface area contributed by atoms with Gasteiger partial charge in [-0.3, -0.25) is 4.79 Å². The van der Waals surface area contributed by atoms with Gasteiger partial charge in [-0.25, -0.2) is 4.98 Å². The zero-order chi connectivity index (χ0) is 19.9. The highest BCUT2D eigenvalue weighted by molar-refractivity contribution is 5.92. The van der Waals surface area contributed by atoms with E-state index in [0.29, 0.717) is 5.69 Å². The van der Waals surface area contributed by atoms with Crippen LogP contribution in [0.15, 0.2) is 36.5 Å². The number of hydrogen-bond acceptors (Lipinski definition) is 6. The maximum Gasteiger partial charge on any atom is 0.272 e. The molecule has 28 heavy (non-hydrogen) atoms. The summed E-state index contributed by atoms with van der Waals surface area (Å²) in [7, 11) is 5.34. The number of likely N-dealkylation sites (N-methyl/N-ethyl adjacent to an activating group) is 1. The third kappa shape index (κ3) is 4.92. The van der Waals surface area contributed by atoms with Crippen molar-refractivity contribution in [1.29, 1.82) is 0 Å². The molecule has 1 aliphatic heterocycles. The van der Waals surface area contributed by atoms with Crippen LogP contribution in [0.2, 0.25) is 0 Å². The Morgan fingerprint density at radius 3 is 2.46 bits per heavy atom. The van der Waals surface area contributed by atoms with Crippen LogP contribution in [0.1, 0.15) is 16.1 Å². The van der Waals surface area contributed by atoms with Gasteiger partial charge < -0.3 is 24.6 Å². The molecule has 2 aromatic rings. The fourth-order valence-electron chi connectivity index (χ4n) is 3.18. The van der Waals surface area contributed by atoms with Crippen LogP contribution in [0.5, 0.6) is 11.5 Å². The Balaban J connectivity index is 1.51. The van der Waals surface area contributed by atoms with Gasteiger partial charge in [0.25, 0.3) is 5.91 Å². The van der Waals surface area contributed by atoms with Gasteiger partial charge in [0.1, 0.15) is 5.69 Å². The molecule has 0 radical (unpaired) electrons. The van der Waals surface area contributed by atoms with E-state index in [1.807, 2.05) is 29.2 Å². The molecule has 0 spiro atoms. The Kier molecular flexibility index (Phi) is 6.71. The number of carbonyl (C=O) groups is 1. The van der Waals surface area contributed by atoms with E-state index in [1.165, 1.54) is 0 Å². The molecular weight excluding hydrogens is 356 g/mol. The van der Waals surface area contributed by atoms with E-state index in [1.54, 1.807) is 26.5 Å². The summed E-state index contributed by atoms with van der Waals surface area (Å²) in [5.74, 6) is 1.46. The van der Waals surface area contributed by atoms with E-state index in [-0.39, 0.29) is 5.91 Å². The van der Waals surface area contributed by atoms with Gasteiger partial charge in [-0.2, -0.15) is 0 Å². The van der Waals surface area contributed by atoms with E-state index < -0.39 is 0 Å². The first kappa shape index (κ1) is 19.9. The van der Waals surface area contributed by atoms with Crippen LogP contribution >= 0.6 is 0 Å². The second-order valence-corrected chi connectivity index (χ2v) is 6.89. The number of nitrogens with one attached hydrogen (secondary N) is 1. The normalized spacial score (nSPS) is 14.6. The Labute approximate surface area is 166 Å². The third-order valence-corrected chi connectivity index (χ3v) is 4.96. The number of anilines is 1. The number of aromatic nitrogens is 1. The Bertz CT molecular complexity index is 787. The molecule has 0 unspecified atom stereocenters. The van der Waals surface area contributed by atoms with Crippen molar-refractivity contribution in [2.24, 2.45) is 0 Å². The smallest absolute Gasteiger partial charge is 0.272 e. The highest BCUT2D eigenvalue weighted by Crippen LogP contribution is 2.27. The maximum absolute atomic E-state index is 12.5. The minimum Gasteiger partial charge on any atom is -0.493 e. The Hall–Kier alpha value is -2.80. The van der Waals surface area contributed by atoms with Gasteiger partial charge in [0, 0.05) is 32.7 Å². The molecule has 1 aromatic carbocycles. The molecule has 1 aliphatic rings. The summed E-state index contributed by atoms with van der Waals surface area (Å²) in [4.78, 5) is 21.0. The van der Waals surface area contributed by atoms with Crippen molar-refractivity contribution in [3.8, 4) is 11.5 Å². The summed E-state index contributed by atoms with van der Waals surface area (Å²) in [5, 5.41) is 3.34. The molecule has 1 saturated heterocycles. The first-order valence-electron chi connectivity index (χ1n) is 9.49. The number of amides is 1. The number of ether oxygens (including phenoxy) is 2. The molecule has 3 rings (SSSR count). The maximum atomic E-state index is 12.5. The predicted molar refractivity (Wildman–Crippen MR) is 109 cm³/mol. The van der Waals surface area contributed by atoms with Crippen molar-refractivity contribution in [1.82, 2.24) is 14.8 Å². The molecule has 1 fully saturated rings. The fourth-order valence-corrected chi connectivity index (χ4v) is 3.18. The van der Waals surface area contributed by atoms with Gasteiger partial charge >= 0.3 is 0 Å². The van der Waals surface area contributed by atoms with Crippen LogP contribution < -0.4 is 14.8 Å². The number of rotatable bonds is 7. The Morgan fingerprint density at radius 2 is 1.82 bits per heavy atom. The third-order valence-electron chi connectivity index (χ3n) is 4.96. The average molecular weight is 384 g/mol. The quantitative estimate of drug-likeness (QED) is 0.789. The van der Waals surface area contributed by atoms with Gasteiger partial charge in [0.15, 0.2) is 11.5 Å². The van der Waals surface area contributed by atoms with E-state index in [9.17, 15) is 4.79 Å². The van der Waals surface area contributed by atoms with Crippen molar-refractivity contribution < 1.29 is 14.3 Å². The van der Waals surface area contributed by atoms with E-state index in [4.69, 9.17) is 9.47 Å². The molecule has 0 bridgehead atoms. The number of pyridine rings is 1. The minimum absolute atomic E-state index is 0.00461. The molecule has 0 saturated carbocycles. The molecule has 150 valence electrons. The molecule has 7 nitrogen and oxygen atoms in total. The molecule has 0 aliphatic carbocycles. The predicted octanol–water partition coefficient (Wildman–Crippen LogP) is 2.14. The van der Waals surface area contributed by atoms with Crippen LogP contribution in [-0.4, -0.2) is 74.7 Å². The lowest BCUT2D eigenvalue weighted by atomic mass is 10.1. The number of carbonyl (C=O) groups excluding carboxylic acids is 1. The van der Waals surface area contributed by atoms with Gasteiger partial charge in [-0.05, 0) is 43.3 Å². The van der Waals surface area contributed by atoms with Gasteiger partial charge in [0.2, 0.25) is 0 Å². The molecule has 1 N–H and O–H groups in total. The summed E-state index contributed by atoms with van der Waals surface area (Å²) in [5.41, 5.74) is 2.55. The van der Waals surface area contributed by atoms with Crippen molar-refractivity contribution in [3.63, 3.8) is 0 Å². The van der Waals surface area contributed by atoms with E-state index in [0.717, 1.165) is 61.9 Å². The molecular formula is C21H28N4O3. The lowest BCUT2D eigenvalue weighted by Gasteiger charge is -2.32. The largest absolute Gasteiger partial charge is 0.493 e. The fraction of sp³-hybridized carbons (Fsp3) is 0.429. The van der Waals surface area contributed by atoms with Gasteiger partial charge in [-0.1, -0.05) is 6.07 Å². The average Bonchev–Trinajstić information content (AvgIpc) is 2.74. The zero-order valence-electron chi connectivity index (χ0n) is 16.8. The van der Waals surface area contributed by atoms with Gasteiger partial charge in [0.05, 0.1) is 26.1 Å². The topological polar surface area (TPSA) is 66.9 Å².